The molecule has 3 aromatic heterocycles. The number of hydrogen-bond acceptors (Lipinski definition) is 3. The van der Waals surface area contributed by atoms with Crippen molar-refractivity contribution in [3.63, 3.8) is 0 Å². The fraction of sp³-hybridized carbons (Fsp3) is 0.0196. The van der Waals surface area contributed by atoms with Gasteiger partial charge in [-0.05, 0) is 89.9 Å². The minimum Gasteiger partial charge on any atom is -0.454 e. The van der Waals surface area contributed by atoms with Crippen LogP contribution in [0.15, 0.2) is 197 Å². The average molecular weight is 709 g/mol. The highest BCUT2D eigenvalue weighted by molar-refractivity contribution is 6.11. The third-order valence-corrected chi connectivity index (χ3v) is 10.6. The molecule has 262 valence electrons. The Hall–Kier alpha value is -7.30. The topological polar surface area (TPSA) is 34.5 Å². The Labute approximate surface area is 319 Å². The van der Waals surface area contributed by atoms with E-state index in [0.29, 0.717) is 0 Å². The van der Waals surface area contributed by atoms with E-state index < -0.39 is 0 Å². The molecule has 0 amide bonds. The maximum Gasteiger partial charge on any atom is 0.213 e. The lowest BCUT2D eigenvalue weighted by Crippen LogP contribution is -2.10. The van der Waals surface area contributed by atoms with Gasteiger partial charge in [0, 0.05) is 38.8 Å². The number of fused-ring (bicyclic) bond motifs is 6. The summed E-state index contributed by atoms with van der Waals surface area (Å²) < 4.78 is 15.4. The molecule has 3 heterocycles. The monoisotopic (exact) mass is 708 g/mol. The highest BCUT2D eigenvalue weighted by atomic mass is 16.3. The first-order valence-electron chi connectivity index (χ1n) is 18.6. The number of rotatable bonds is 8. The lowest BCUT2D eigenvalue weighted by molar-refractivity contribution is 0.582. The van der Waals surface area contributed by atoms with Crippen molar-refractivity contribution in [2.45, 2.75) is 6.92 Å². The van der Waals surface area contributed by atoms with Crippen LogP contribution < -0.4 is 4.90 Å². The Morgan fingerprint density at radius 3 is 1.93 bits per heavy atom. The molecule has 0 fully saturated rings. The molecular weight excluding hydrogens is 673 g/mol. The number of allylic oxidation sites excluding steroid dienone is 2. The van der Waals surface area contributed by atoms with E-state index in [-0.39, 0.29) is 0 Å². The maximum atomic E-state index is 6.62. The minimum atomic E-state index is 0.824. The van der Waals surface area contributed by atoms with Gasteiger partial charge in [0.15, 0.2) is 5.58 Å². The second kappa shape index (κ2) is 13.3. The zero-order valence-electron chi connectivity index (χ0n) is 30.3. The molecule has 0 radical (unpaired) electrons. The first-order valence-corrected chi connectivity index (χ1v) is 18.6. The van der Waals surface area contributed by atoms with Crippen LogP contribution in [0.4, 0.5) is 17.1 Å². The number of furan rings is 2. The molecule has 0 spiro atoms. The first-order chi connectivity index (χ1) is 27.2. The molecule has 0 aliphatic rings. The molecule has 0 N–H and O–H groups in total. The van der Waals surface area contributed by atoms with E-state index in [4.69, 9.17) is 8.83 Å². The minimum absolute atomic E-state index is 0.824. The highest BCUT2D eigenvalue weighted by Crippen LogP contribution is 2.44. The number of para-hydroxylation sites is 3. The van der Waals surface area contributed by atoms with E-state index in [2.05, 4.69) is 181 Å². The fourth-order valence-electron chi connectivity index (χ4n) is 8.03. The van der Waals surface area contributed by atoms with Crippen molar-refractivity contribution in [3.8, 4) is 27.9 Å². The van der Waals surface area contributed by atoms with Crippen LogP contribution in [-0.2, 0) is 0 Å². The second-order valence-electron chi connectivity index (χ2n) is 13.8. The Kier molecular flexibility index (Phi) is 7.81. The van der Waals surface area contributed by atoms with Crippen molar-refractivity contribution in [1.29, 1.82) is 0 Å². The average Bonchev–Trinajstić information content (AvgIpc) is 3.90. The van der Waals surface area contributed by atoms with Gasteiger partial charge in [-0.1, -0.05) is 134 Å². The lowest BCUT2D eigenvalue weighted by atomic mass is 9.94. The van der Waals surface area contributed by atoms with Crippen LogP contribution in [0.1, 0.15) is 11.3 Å². The maximum absolute atomic E-state index is 6.62. The summed E-state index contributed by atoms with van der Waals surface area (Å²) in [4.78, 5) is 2.29. The molecular formula is C51H36N2O2. The molecule has 0 bridgehead atoms. The smallest absolute Gasteiger partial charge is 0.213 e. The number of hydrogen-bond donors (Lipinski definition) is 0. The largest absolute Gasteiger partial charge is 0.454 e. The van der Waals surface area contributed by atoms with Gasteiger partial charge in [0.25, 0.3) is 0 Å². The van der Waals surface area contributed by atoms with Crippen LogP contribution in [0.3, 0.4) is 0 Å². The van der Waals surface area contributed by atoms with Crippen LogP contribution in [0.2, 0.25) is 0 Å². The van der Waals surface area contributed by atoms with Crippen molar-refractivity contribution in [3.05, 3.63) is 200 Å². The van der Waals surface area contributed by atoms with Gasteiger partial charge < -0.3 is 13.7 Å². The molecule has 4 heteroatoms. The molecule has 10 aromatic rings. The summed E-state index contributed by atoms with van der Waals surface area (Å²) in [5, 5.41) is 4.46. The fourth-order valence-corrected chi connectivity index (χ4v) is 8.03. The van der Waals surface area contributed by atoms with Crippen molar-refractivity contribution in [2.75, 3.05) is 4.90 Å². The Bertz CT molecular complexity index is 3050. The molecule has 0 saturated carbocycles. The van der Waals surface area contributed by atoms with Crippen LogP contribution in [0.25, 0.3) is 78.0 Å². The molecule has 0 aliphatic carbocycles. The molecule has 0 aliphatic heterocycles. The molecule has 4 nitrogen and oxygen atoms in total. The standard InChI is InChI=1S/C51H36N2O2/c1-3-4-24-47-34(2)49-44-20-10-12-22-45(44)53(51(49)55-47)39-32-30-38(31-33-39)52(46-23-14-21-43-42-19-11-13-25-48(42)54-50(43)46)37-28-26-36(27-29-37)41-18-9-8-17-40(41)35-15-6-5-7-16-35/h3-33H,1H2,2H3/b24-4-. The van der Waals surface area contributed by atoms with E-state index in [1.807, 2.05) is 24.3 Å². The van der Waals surface area contributed by atoms with Crippen LogP contribution >= 0.6 is 0 Å². The van der Waals surface area contributed by atoms with Gasteiger partial charge in [0.05, 0.1) is 16.6 Å². The predicted octanol–water partition coefficient (Wildman–Crippen LogP) is 14.6. The van der Waals surface area contributed by atoms with Gasteiger partial charge >= 0.3 is 0 Å². The van der Waals surface area contributed by atoms with Crippen molar-refractivity contribution in [1.82, 2.24) is 4.57 Å². The van der Waals surface area contributed by atoms with Crippen molar-refractivity contribution < 1.29 is 8.83 Å². The van der Waals surface area contributed by atoms with Crippen LogP contribution in [0, 0.1) is 6.92 Å². The number of nitrogens with zero attached hydrogens (tertiary/aromatic N) is 2. The van der Waals surface area contributed by atoms with Gasteiger partial charge in [-0.25, -0.2) is 0 Å². The number of aromatic nitrogens is 1. The number of anilines is 3. The summed E-state index contributed by atoms with van der Waals surface area (Å²) in [5.41, 5.74) is 13.5. The molecule has 0 atom stereocenters. The van der Waals surface area contributed by atoms with Crippen LogP contribution in [-0.4, -0.2) is 4.57 Å². The zero-order valence-corrected chi connectivity index (χ0v) is 30.3. The van der Waals surface area contributed by atoms with E-state index in [0.717, 1.165) is 83.6 Å². The summed E-state index contributed by atoms with van der Waals surface area (Å²) in [6.07, 6.45) is 5.66. The Balaban J connectivity index is 1.12. The second-order valence-corrected chi connectivity index (χ2v) is 13.8. The Morgan fingerprint density at radius 2 is 1.18 bits per heavy atom. The normalized spacial score (nSPS) is 11.7. The summed E-state index contributed by atoms with van der Waals surface area (Å²) in [5.74, 6) is 0.834. The van der Waals surface area contributed by atoms with E-state index in [9.17, 15) is 0 Å². The third kappa shape index (κ3) is 5.38. The van der Waals surface area contributed by atoms with Gasteiger partial charge in [-0.15, -0.1) is 0 Å². The molecule has 55 heavy (non-hydrogen) atoms. The summed E-state index contributed by atoms with van der Waals surface area (Å²) in [7, 11) is 0. The van der Waals surface area contributed by atoms with Crippen molar-refractivity contribution >= 4 is 67.1 Å². The molecule has 7 aromatic carbocycles. The summed E-state index contributed by atoms with van der Waals surface area (Å²) in [6, 6.07) is 59.9. The van der Waals surface area contributed by atoms with Gasteiger partial charge in [0.2, 0.25) is 5.71 Å². The van der Waals surface area contributed by atoms with Crippen molar-refractivity contribution in [2.24, 2.45) is 0 Å². The quantitative estimate of drug-likeness (QED) is 0.147. The molecule has 10 rings (SSSR count). The molecule has 0 unspecified atom stereocenters. The zero-order chi connectivity index (χ0) is 36.9. The number of benzene rings is 7. The van der Waals surface area contributed by atoms with Gasteiger partial charge in [-0.3, -0.25) is 4.57 Å². The van der Waals surface area contributed by atoms with Gasteiger partial charge in [0.1, 0.15) is 11.3 Å². The van der Waals surface area contributed by atoms with E-state index >= 15 is 0 Å². The first kappa shape index (κ1) is 32.4. The van der Waals surface area contributed by atoms with Gasteiger partial charge in [-0.2, -0.15) is 0 Å². The lowest BCUT2D eigenvalue weighted by Gasteiger charge is -2.26. The van der Waals surface area contributed by atoms with E-state index in [1.54, 1.807) is 6.08 Å². The molecule has 0 saturated heterocycles. The highest BCUT2D eigenvalue weighted by Gasteiger charge is 2.22. The Morgan fingerprint density at radius 1 is 0.564 bits per heavy atom. The SMILES string of the molecule is C=C/C=C\c1oc2c(c1C)c1ccccc1n2-c1ccc(N(c2ccc(-c3ccccc3-c3ccccc3)cc2)c2cccc3c2oc2ccccc23)cc1. The summed E-state index contributed by atoms with van der Waals surface area (Å²) >= 11 is 0. The third-order valence-electron chi connectivity index (χ3n) is 10.6. The number of aryl methyl sites for hydroxylation is 1. The van der Waals surface area contributed by atoms with E-state index in [1.165, 1.54) is 16.7 Å². The summed E-state index contributed by atoms with van der Waals surface area (Å²) in [6.45, 7) is 5.97. The predicted molar refractivity (Wildman–Crippen MR) is 230 cm³/mol. The van der Waals surface area contributed by atoms with Crippen LogP contribution in [0.5, 0.6) is 0 Å².